The third-order valence-corrected chi connectivity index (χ3v) is 0. The first-order valence-corrected chi connectivity index (χ1v) is 3.00. The predicted octanol–water partition coefficient (Wildman–Crippen LogP) is -1.14. The quantitative estimate of drug-likeness (QED) is 0.190. The Morgan fingerprint density at radius 1 is 0.923 bits per heavy atom. The van der Waals surface area contributed by atoms with E-state index < -0.39 is 14.0 Å². The molecule has 0 aliphatic carbocycles. The molecule has 0 spiro atoms. The average Bonchev–Trinajstić information content (AvgIpc) is 1.19. The minimum atomic E-state index is -4.64. The first-order chi connectivity index (χ1) is 3.73. The molecule has 13 heavy (non-hydrogen) atoms. The van der Waals surface area contributed by atoms with Gasteiger partial charge in [-0.05, 0) is 0 Å². The normalized spacial score (nSPS) is 6.38. The van der Waals surface area contributed by atoms with Crippen molar-refractivity contribution in [1.29, 1.82) is 0 Å². The van der Waals surface area contributed by atoms with Crippen LogP contribution in [0.3, 0.4) is 0 Å². The standard InChI is InChI=1S/CH2O3.Ca.3H3N.H3O4P.2H/c2-1(3)4;;;;;1-5(2,3)4;;/h(H2,2,3,4);;3*1H3;(H3,1,2,3,4);;. The maximum atomic E-state index is 8.88. The minimum absolute atomic E-state index is 0. The molecule has 0 saturated carbocycles. The summed E-state index contributed by atoms with van der Waals surface area (Å²) in [6, 6.07) is 0. The molecule has 0 amide bonds. The second-order valence-corrected chi connectivity index (χ2v) is 1.82. The van der Waals surface area contributed by atoms with Crippen LogP contribution in [0.4, 0.5) is 4.79 Å². The topological polar surface area (TPSA) is 240 Å². The SMILES string of the molecule is N.N.N.O=C(O)O.O=P(O)(O)O.[CaH2]. The molecule has 0 radical (unpaired) electrons. The molecule has 0 aliphatic rings. The monoisotopic (exact) mass is 253 g/mol. The van der Waals surface area contributed by atoms with E-state index in [2.05, 4.69) is 0 Å². The molecule has 0 fully saturated rings. The molecule has 12 heteroatoms. The van der Waals surface area contributed by atoms with Gasteiger partial charge in [0.1, 0.15) is 0 Å². The van der Waals surface area contributed by atoms with Crippen molar-refractivity contribution >= 4 is 51.7 Å². The fourth-order valence-corrected chi connectivity index (χ4v) is 0. The van der Waals surface area contributed by atoms with E-state index in [1.54, 1.807) is 0 Å². The Morgan fingerprint density at radius 3 is 0.923 bits per heavy atom. The third kappa shape index (κ3) is 5130. The summed E-state index contributed by atoms with van der Waals surface area (Å²) >= 11 is 0. The molecule has 0 aliphatic heterocycles. The van der Waals surface area contributed by atoms with Crippen LogP contribution in [-0.4, -0.2) is 68.8 Å². The Balaban J connectivity index is -0.0000000146. The summed E-state index contributed by atoms with van der Waals surface area (Å²) < 4.78 is 8.88. The molecule has 0 rings (SSSR count). The second-order valence-electron chi connectivity index (χ2n) is 0.796. The van der Waals surface area contributed by atoms with Crippen LogP contribution in [0.15, 0.2) is 0 Å². The summed E-state index contributed by atoms with van der Waals surface area (Å²) in [5.74, 6) is 0. The van der Waals surface area contributed by atoms with Crippen LogP contribution in [0.5, 0.6) is 0 Å². The second kappa shape index (κ2) is 18.3. The molecular weight excluding hydrogens is 237 g/mol. The molecule has 0 heterocycles. The maximum absolute atomic E-state index is 8.88. The van der Waals surface area contributed by atoms with Crippen LogP contribution in [0, 0.1) is 0 Å². The average molecular weight is 253 g/mol. The van der Waals surface area contributed by atoms with Crippen LogP contribution < -0.4 is 18.5 Å². The van der Waals surface area contributed by atoms with Gasteiger partial charge in [0.15, 0.2) is 0 Å². The van der Waals surface area contributed by atoms with Gasteiger partial charge >= 0.3 is 51.7 Å². The summed E-state index contributed by atoms with van der Waals surface area (Å²) in [4.78, 5) is 30.1. The fraction of sp³-hybridized carbons (Fsp3) is 0. The van der Waals surface area contributed by atoms with E-state index >= 15 is 0 Å². The van der Waals surface area contributed by atoms with Gasteiger partial charge in [-0.2, -0.15) is 0 Å². The van der Waals surface area contributed by atoms with Gasteiger partial charge in [0.25, 0.3) is 0 Å². The van der Waals surface area contributed by atoms with E-state index in [0.29, 0.717) is 0 Å². The number of carboxylic acid groups (broad SMARTS) is 2. The third-order valence-electron chi connectivity index (χ3n) is 0. The fourth-order valence-electron chi connectivity index (χ4n) is 0. The van der Waals surface area contributed by atoms with Gasteiger partial charge in [-0.15, -0.1) is 0 Å². The van der Waals surface area contributed by atoms with Crippen LogP contribution in [0.1, 0.15) is 0 Å². The Hall–Kier alpha value is 0.520. The van der Waals surface area contributed by atoms with Gasteiger partial charge in [0.2, 0.25) is 0 Å². The van der Waals surface area contributed by atoms with Gasteiger partial charge in [0, 0.05) is 0 Å². The molecule has 84 valence electrons. The van der Waals surface area contributed by atoms with Crippen LogP contribution >= 0.6 is 7.82 Å². The summed E-state index contributed by atoms with van der Waals surface area (Å²) in [6.07, 6.45) is -1.83. The predicted molar refractivity (Wildman–Crippen MR) is 48.5 cm³/mol. The molecule has 0 aromatic carbocycles. The Kier molecular flexibility index (Phi) is 52.8. The molecule has 0 bridgehead atoms. The van der Waals surface area contributed by atoms with E-state index in [1.807, 2.05) is 0 Å². The van der Waals surface area contributed by atoms with Gasteiger partial charge in [-0.25, -0.2) is 9.36 Å². The van der Waals surface area contributed by atoms with Crippen molar-refractivity contribution in [2.45, 2.75) is 0 Å². The number of phosphoric acid groups is 1. The Labute approximate surface area is 104 Å². The zero-order valence-corrected chi connectivity index (χ0v) is 7.02. The summed E-state index contributed by atoms with van der Waals surface area (Å²) in [7, 11) is -4.64. The van der Waals surface area contributed by atoms with Crippen molar-refractivity contribution in [2.24, 2.45) is 0 Å². The number of rotatable bonds is 0. The van der Waals surface area contributed by atoms with E-state index in [0.717, 1.165) is 0 Å². The van der Waals surface area contributed by atoms with Gasteiger partial charge < -0.3 is 43.3 Å². The number of hydrogen-bond acceptors (Lipinski definition) is 5. The van der Waals surface area contributed by atoms with Gasteiger partial charge in [-0.1, -0.05) is 0 Å². The molecule has 10 nitrogen and oxygen atoms in total. The van der Waals surface area contributed by atoms with Crippen molar-refractivity contribution in [2.75, 3.05) is 0 Å². The Morgan fingerprint density at radius 2 is 0.923 bits per heavy atom. The molecule has 0 atom stereocenters. The summed E-state index contributed by atoms with van der Waals surface area (Å²) in [5.41, 5.74) is 0. The van der Waals surface area contributed by atoms with E-state index in [-0.39, 0.29) is 56.2 Å². The van der Waals surface area contributed by atoms with Crippen molar-refractivity contribution in [3.05, 3.63) is 0 Å². The molecule has 0 saturated heterocycles. The van der Waals surface area contributed by atoms with E-state index in [9.17, 15) is 0 Å². The van der Waals surface area contributed by atoms with Gasteiger partial charge in [-0.3, -0.25) is 0 Å². The summed E-state index contributed by atoms with van der Waals surface area (Å²) in [6.45, 7) is 0. The molecule has 0 aromatic rings. The van der Waals surface area contributed by atoms with Crippen LogP contribution in [0.2, 0.25) is 0 Å². The van der Waals surface area contributed by atoms with Crippen molar-refractivity contribution in [3.8, 4) is 0 Å². The van der Waals surface area contributed by atoms with Crippen LogP contribution in [-0.2, 0) is 4.57 Å². The molecule has 0 aromatic heterocycles. The molecule has 0 unspecified atom stereocenters. The number of hydrogen-bond donors (Lipinski definition) is 8. The van der Waals surface area contributed by atoms with E-state index in [1.165, 1.54) is 0 Å². The zero-order chi connectivity index (χ0) is 8.08. The summed E-state index contributed by atoms with van der Waals surface area (Å²) in [5, 5.41) is 13.9. The van der Waals surface area contributed by atoms with E-state index in [4.69, 9.17) is 34.3 Å². The first-order valence-electron chi connectivity index (χ1n) is 1.43. The van der Waals surface area contributed by atoms with Crippen molar-refractivity contribution in [1.82, 2.24) is 18.5 Å². The Bertz CT molecular complexity index is 123. The first kappa shape index (κ1) is 37.5. The molecular formula is CH16CaN3O7P. The van der Waals surface area contributed by atoms with Crippen molar-refractivity contribution in [3.63, 3.8) is 0 Å². The molecule has 14 N–H and O–H groups in total. The number of carbonyl (C=O) groups is 1. The van der Waals surface area contributed by atoms with Crippen LogP contribution in [0.25, 0.3) is 0 Å². The zero-order valence-electron chi connectivity index (χ0n) is 6.12. The van der Waals surface area contributed by atoms with Gasteiger partial charge in [0.05, 0.1) is 0 Å². The van der Waals surface area contributed by atoms with Crippen molar-refractivity contribution < 1.29 is 34.3 Å².